The van der Waals surface area contributed by atoms with Gasteiger partial charge < -0.3 is 0 Å². The lowest BCUT2D eigenvalue weighted by Crippen LogP contribution is -1.88. The summed E-state index contributed by atoms with van der Waals surface area (Å²) in [5.41, 5.74) is 4.42. The molecule has 0 bridgehead atoms. The highest BCUT2D eigenvalue weighted by atomic mass is 15.1. The number of aromatic nitrogens is 5. The SMILES string of the molecule is c1ccc(-c2n[nH]c3cnc(-c4cnccn4)cc23)cc1. The van der Waals surface area contributed by atoms with E-state index in [2.05, 4.69) is 25.1 Å². The number of fused-ring (bicyclic) bond motifs is 1. The van der Waals surface area contributed by atoms with Crippen LogP contribution in [-0.4, -0.2) is 25.1 Å². The van der Waals surface area contributed by atoms with Crippen molar-refractivity contribution in [2.75, 3.05) is 0 Å². The third-order valence-electron chi connectivity index (χ3n) is 3.32. The van der Waals surface area contributed by atoms with Crippen LogP contribution >= 0.6 is 0 Å². The van der Waals surface area contributed by atoms with Crippen molar-refractivity contribution in [1.82, 2.24) is 25.1 Å². The Labute approximate surface area is 120 Å². The standard InChI is InChI=1S/C16H11N5/c1-2-4-11(5-3-1)16-12-8-13(15-9-17-6-7-18-15)19-10-14(12)20-21-16/h1-10H,(H,20,21). The minimum absolute atomic E-state index is 0.750. The number of rotatable bonds is 2. The van der Waals surface area contributed by atoms with E-state index in [4.69, 9.17) is 0 Å². The molecule has 0 spiro atoms. The van der Waals surface area contributed by atoms with Gasteiger partial charge in [0.25, 0.3) is 0 Å². The average Bonchev–Trinajstić information content (AvgIpc) is 2.99. The number of benzene rings is 1. The fourth-order valence-corrected chi connectivity index (χ4v) is 2.30. The van der Waals surface area contributed by atoms with Gasteiger partial charge in [0, 0.05) is 23.3 Å². The zero-order valence-electron chi connectivity index (χ0n) is 11.1. The highest BCUT2D eigenvalue weighted by Crippen LogP contribution is 2.28. The van der Waals surface area contributed by atoms with E-state index in [-0.39, 0.29) is 0 Å². The third kappa shape index (κ3) is 2.04. The van der Waals surface area contributed by atoms with E-state index in [1.165, 1.54) is 0 Å². The van der Waals surface area contributed by atoms with Crippen molar-refractivity contribution in [1.29, 1.82) is 0 Å². The van der Waals surface area contributed by atoms with E-state index in [0.717, 1.165) is 33.5 Å². The molecule has 5 nitrogen and oxygen atoms in total. The van der Waals surface area contributed by atoms with Crippen molar-refractivity contribution in [3.8, 4) is 22.6 Å². The van der Waals surface area contributed by atoms with Crippen molar-refractivity contribution in [3.05, 3.63) is 61.2 Å². The van der Waals surface area contributed by atoms with Crippen molar-refractivity contribution < 1.29 is 0 Å². The lowest BCUT2D eigenvalue weighted by Gasteiger charge is -2.00. The van der Waals surface area contributed by atoms with E-state index < -0.39 is 0 Å². The predicted octanol–water partition coefficient (Wildman–Crippen LogP) is 3.08. The second kappa shape index (κ2) is 4.79. The van der Waals surface area contributed by atoms with Gasteiger partial charge in [-0.3, -0.25) is 20.1 Å². The highest BCUT2D eigenvalue weighted by Gasteiger charge is 2.10. The molecule has 0 aliphatic heterocycles. The molecular formula is C16H11N5. The van der Waals surface area contributed by atoms with Crippen molar-refractivity contribution in [2.24, 2.45) is 0 Å². The lowest BCUT2D eigenvalue weighted by atomic mass is 10.1. The van der Waals surface area contributed by atoms with Crippen LogP contribution in [0.3, 0.4) is 0 Å². The number of H-pyrrole nitrogens is 1. The molecule has 0 fully saturated rings. The Balaban J connectivity index is 1.91. The Morgan fingerprint density at radius 3 is 2.57 bits per heavy atom. The number of hydrogen-bond donors (Lipinski definition) is 1. The largest absolute Gasteiger partial charge is 0.276 e. The Morgan fingerprint density at radius 2 is 1.76 bits per heavy atom. The van der Waals surface area contributed by atoms with E-state index in [1.807, 2.05) is 36.4 Å². The summed E-state index contributed by atoms with van der Waals surface area (Å²) in [6.07, 6.45) is 6.79. The van der Waals surface area contributed by atoms with Crippen molar-refractivity contribution in [3.63, 3.8) is 0 Å². The molecule has 0 saturated heterocycles. The topological polar surface area (TPSA) is 67.3 Å². The quantitative estimate of drug-likeness (QED) is 0.609. The summed E-state index contributed by atoms with van der Waals surface area (Å²) >= 11 is 0. The summed E-state index contributed by atoms with van der Waals surface area (Å²) < 4.78 is 0. The van der Waals surface area contributed by atoms with E-state index in [0.29, 0.717) is 0 Å². The fourth-order valence-electron chi connectivity index (χ4n) is 2.30. The van der Waals surface area contributed by atoms with Crippen LogP contribution in [0.1, 0.15) is 0 Å². The molecule has 5 heteroatoms. The summed E-state index contributed by atoms with van der Waals surface area (Å²) in [7, 11) is 0. The number of nitrogens with one attached hydrogen (secondary N) is 1. The average molecular weight is 273 g/mol. The fraction of sp³-hybridized carbons (Fsp3) is 0. The molecule has 4 rings (SSSR count). The van der Waals surface area contributed by atoms with Crippen LogP contribution in [-0.2, 0) is 0 Å². The predicted molar refractivity (Wildman–Crippen MR) is 80.4 cm³/mol. The summed E-state index contributed by atoms with van der Waals surface area (Å²) in [5, 5.41) is 8.44. The molecule has 4 aromatic rings. The molecule has 0 radical (unpaired) electrons. The minimum atomic E-state index is 0.750. The summed E-state index contributed by atoms with van der Waals surface area (Å²) in [5.74, 6) is 0. The first kappa shape index (κ1) is 11.7. The Bertz CT molecular complexity index is 884. The molecule has 0 unspecified atom stereocenters. The molecular weight excluding hydrogens is 262 g/mol. The second-order valence-electron chi connectivity index (χ2n) is 4.64. The van der Waals surface area contributed by atoms with Gasteiger partial charge >= 0.3 is 0 Å². The molecule has 0 saturated carbocycles. The van der Waals surface area contributed by atoms with Gasteiger partial charge in [0.05, 0.1) is 23.6 Å². The molecule has 0 atom stereocenters. The summed E-state index contributed by atoms with van der Waals surface area (Å²) in [6, 6.07) is 12.1. The van der Waals surface area contributed by atoms with Gasteiger partial charge in [-0.1, -0.05) is 30.3 Å². The molecule has 21 heavy (non-hydrogen) atoms. The maximum absolute atomic E-state index is 4.41. The number of pyridine rings is 1. The van der Waals surface area contributed by atoms with Gasteiger partial charge in [0.1, 0.15) is 11.4 Å². The van der Waals surface area contributed by atoms with Gasteiger partial charge in [-0.05, 0) is 6.07 Å². The van der Waals surface area contributed by atoms with E-state index in [1.54, 1.807) is 24.8 Å². The van der Waals surface area contributed by atoms with Gasteiger partial charge in [0.15, 0.2) is 0 Å². The molecule has 0 aliphatic carbocycles. The number of nitrogens with zero attached hydrogens (tertiary/aromatic N) is 4. The molecule has 100 valence electrons. The zero-order chi connectivity index (χ0) is 14.1. The number of aromatic amines is 1. The van der Waals surface area contributed by atoms with Crippen LogP contribution < -0.4 is 0 Å². The monoisotopic (exact) mass is 273 g/mol. The third-order valence-corrected chi connectivity index (χ3v) is 3.32. The van der Waals surface area contributed by atoms with Gasteiger partial charge in [-0.2, -0.15) is 5.10 Å². The van der Waals surface area contributed by atoms with E-state index >= 15 is 0 Å². The molecule has 3 heterocycles. The smallest absolute Gasteiger partial charge is 0.107 e. The highest BCUT2D eigenvalue weighted by molar-refractivity contribution is 5.94. The van der Waals surface area contributed by atoms with Gasteiger partial charge in [-0.15, -0.1) is 0 Å². The Kier molecular flexibility index (Phi) is 2.67. The zero-order valence-corrected chi connectivity index (χ0v) is 11.1. The first-order valence-corrected chi connectivity index (χ1v) is 6.58. The van der Waals surface area contributed by atoms with Crippen molar-refractivity contribution in [2.45, 2.75) is 0 Å². The summed E-state index contributed by atoms with van der Waals surface area (Å²) in [6.45, 7) is 0. The maximum atomic E-state index is 4.41. The van der Waals surface area contributed by atoms with Crippen LogP contribution in [0.5, 0.6) is 0 Å². The van der Waals surface area contributed by atoms with Crippen LogP contribution in [0.4, 0.5) is 0 Å². The first-order valence-electron chi connectivity index (χ1n) is 6.58. The van der Waals surface area contributed by atoms with E-state index in [9.17, 15) is 0 Å². The second-order valence-corrected chi connectivity index (χ2v) is 4.64. The van der Waals surface area contributed by atoms with Gasteiger partial charge in [0.2, 0.25) is 0 Å². The molecule has 0 aliphatic rings. The van der Waals surface area contributed by atoms with Crippen LogP contribution in [0.15, 0.2) is 61.2 Å². The van der Waals surface area contributed by atoms with Crippen molar-refractivity contribution >= 4 is 10.9 Å². The molecule has 3 aromatic heterocycles. The Morgan fingerprint density at radius 1 is 0.857 bits per heavy atom. The number of hydrogen-bond acceptors (Lipinski definition) is 4. The maximum Gasteiger partial charge on any atom is 0.107 e. The van der Waals surface area contributed by atoms with Gasteiger partial charge in [-0.25, -0.2) is 0 Å². The van der Waals surface area contributed by atoms with Crippen LogP contribution in [0, 0.1) is 0 Å². The van der Waals surface area contributed by atoms with Crippen LogP contribution in [0.2, 0.25) is 0 Å². The summed E-state index contributed by atoms with van der Waals surface area (Å²) in [4.78, 5) is 12.8. The lowest BCUT2D eigenvalue weighted by molar-refractivity contribution is 1.12. The molecule has 1 aromatic carbocycles. The van der Waals surface area contributed by atoms with Crippen LogP contribution in [0.25, 0.3) is 33.5 Å². The molecule has 0 amide bonds. The Hall–Kier alpha value is -3.08. The molecule has 1 N–H and O–H groups in total. The first-order chi connectivity index (χ1) is 10.4. The minimum Gasteiger partial charge on any atom is -0.276 e. The normalized spacial score (nSPS) is 10.9.